The van der Waals surface area contributed by atoms with Crippen LogP contribution >= 0.6 is 11.6 Å². The van der Waals surface area contributed by atoms with Crippen LogP contribution in [0.3, 0.4) is 0 Å². The number of benzene rings is 1. The molecule has 122 valence electrons. The summed E-state index contributed by atoms with van der Waals surface area (Å²) in [6.07, 6.45) is 1.66. The molecule has 0 unspecified atom stereocenters. The molecule has 1 amide bonds. The quantitative estimate of drug-likeness (QED) is 0.915. The monoisotopic (exact) mass is 335 g/mol. The first-order chi connectivity index (χ1) is 11.0. The van der Waals surface area contributed by atoms with Crippen LogP contribution in [0.5, 0.6) is 0 Å². The largest absolute Gasteiger partial charge is 0.434 e. The molecule has 1 aromatic heterocycles. The van der Waals surface area contributed by atoms with Crippen LogP contribution in [-0.2, 0) is 0 Å². The predicted molar refractivity (Wildman–Crippen MR) is 85.9 cm³/mol. The standard InChI is InChI=1S/C16H18ClN3O3/c1-9-6-12(13(17)7-10(9)2)15(21)20-5-3-4-11(8-20)14-18-19-16(22)23-14/h6-7,11H,3-5,8H2,1-2H3,(H,19,22)/t11-/m0/s1. The number of hydrogen-bond acceptors (Lipinski definition) is 4. The number of rotatable bonds is 2. The van der Waals surface area contributed by atoms with Gasteiger partial charge in [-0.25, -0.2) is 9.89 Å². The maximum Gasteiger partial charge on any atom is 0.434 e. The third-order valence-corrected chi connectivity index (χ3v) is 4.64. The number of aryl methyl sites for hydroxylation is 2. The zero-order chi connectivity index (χ0) is 16.6. The summed E-state index contributed by atoms with van der Waals surface area (Å²) in [5.41, 5.74) is 2.60. The van der Waals surface area contributed by atoms with Crippen LogP contribution in [0.15, 0.2) is 21.3 Å². The first-order valence-electron chi connectivity index (χ1n) is 7.57. The topological polar surface area (TPSA) is 79.2 Å². The Morgan fingerprint density at radius 3 is 2.83 bits per heavy atom. The number of H-pyrrole nitrogens is 1. The van der Waals surface area contributed by atoms with Crippen molar-refractivity contribution in [1.29, 1.82) is 0 Å². The number of aromatic nitrogens is 2. The van der Waals surface area contributed by atoms with Crippen molar-refractivity contribution in [3.05, 3.63) is 50.3 Å². The zero-order valence-electron chi connectivity index (χ0n) is 13.1. The average Bonchev–Trinajstić information content (AvgIpc) is 2.97. The summed E-state index contributed by atoms with van der Waals surface area (Å²) in [6.45, 7) is 5.05. The Balaban J connectivity index is 1.82. The van der Waals surface area contributed by atoms with E-state index in [-0.39, 0.29) is 11.8 Å². The lowest BCUT2D eigenvalue weighted by atomic mass is 9.97. The number of carbonyl (C=O) groups excluding carboxylic acids is 1. The van der Waals surface area contributed by atoms with Crippen molar-refractivity contribution in [2.45, 2.75) is 32.6 Å². The van der Waals surface area contributed by atoms with Crippen LogP contribution in [0.2, 0.25) is 5.02 Å². The minimum Gasteiger partial charge on any atom is -0.392 e. The van der Waals surface area contributed by atoms with Gasteiger partial charge in [0.25, 0.3) is 5.91 Å². The summed E-state index contributed by atoms with van der Waals surface area (Å²) >= 11 is 6.25. The Morgan fingerprint density at radius 1 is 1.39 bits per heavy atom. The fourth-order valence-electron chi connectivity index (χ4n) is 2.89. The molecule has 23 heavy (non-hydrogen) atoms. The normalized spacial score (nSPS) is 18.2. The number of amides is 1. The fourth-order valence-corrected chi connectivity index (χ4v) is 3.19. The van der Waals surface area contributed by atoms with Crippen molar-refractivity contribution in [3.63, 3.8) is 0 Å². The number of hydrogen-bond donors (Lipinski definition) is 1. The van der Waals surface area contributed by atoms with E-state index in [1.165, 1.54) is 0 Å². The summed E-state index contributed by atoms with van der Waals surface area (Å²) in [7, 11) is 0. The minimum atomic E-state index is -0.569. The van der Waals surface area contributed by atoms with Gasteiger partial charge in [0.05, 0.1) is 16.5 Å². The van der Waals surface area contributed by atoms with E-state index < -0.39 is 5.76 Å². The summed E-state index contributed by atoms with van der Waals surface area (Å²) in [6, 6.07) is 3.65. The minimum absolute atomic E-state index is 0.0722. The summed E-state index contributed by atoms with van der Waals surface area (Å²) in [5.74, 6) is -0.378. The van der Waals surface area contributed by atoms with Gasteiger partial charge in [-0.2, -0.15) is 0 Å². The molecule has 6 nitrogen and oxygen atoms in total. The summed E-state index contributed by atoms with van der Waals surface area (Å²) < 4.78 is 5.03. The Hall–Kier alpha value is -2.08. The molecule has 7 heteroatoms. The van der Waals surface area contributed by atoms with E-state index in [0.717, 1.165) is 24.0 Å². The van der Waals surface area contributed by atoms with Crippen molar-refractivity contribution in [3.8, 4) is 0 Å². The van der Waals surface area contributed by atoms with Gasteiger partial charge in [-0.05, 0) is 49.9 Å². The zero-order valence-corrected chi connectivity index (χ0v) is 13.8. The molecule has 1 aliphatic rings. The summed E-state index contributed by atoms with van der Waals surface area (Å²) in [4.78, 5) is 25.6. The first kappa shape index (κ1) is 15.8. The SMILES string of the molecule is Cc1cc(Cl)c(C(=O)N2CCC[C@H](c3n[nH]c(=O)o3)C2)cc1C. The highest BCUT2D eigenvalue weighted by Gasteiger charge is 2.29. The lowest BCUT2D eigenvalue weighted by molar-refractivity contribution is 0.0698. The van der Waals surface area contributed by atoms with E-state index in [9.17, 15) is 9.59 Å². The predicted octanol–water partition coefficient (Wildman–Crippen LogP) is 2.65. The molecule has 2 aromatic rings. The molecule has 0 aliphatic carbocycles. The summed E-state index contributed by atoms with van der Waals surface area (Å²) in [5, 5.41) is 6.61. The lowest BCUT2D eigenvalue weighted by Crippen LogP contribution is -2.39. The molecule has 1 fully saturated rings. The van der Waals surface area contributed by atoms with Crippen LogP contribution in [-0.4, -0.2) is 34.1 Å². The van der Waals surface area contributed by atoms with E-state index in [2.05, 4.69) is 10.2 Å². The van der Waals surface area contributed by atoms with Crippen LogP contribution < -0.4 is 5.76 Å². The molecule has 0 saturated carbocycles. The van der Waals surface area contributed by atoms with E-state index in [4.69, 9.17) is 16.0 Å². The molecule has 3 rings (SSSR count). The van der Waals surface area contributed by atoms with Crippen molar-refractivity contribution >= 4 is 17.5 Å². The van der Waals surface area contributed by atoms with Crippen LogP contribution in [0, 0.1) is 13.8 Å². The number of piperidine rings is 1. The molecule has 1 aromatic carbocycles. The Bertz CT molecular complexity index is 796. The molecule has 0 bridgehead atoms. The van der Waals surface area contributed by atoms with E-state index in [1.807, 2.05) is 26.0 Å². The Morgan fingerprint density at radius 2 is 2.13 bits per heavy atom. The van der Waals surface area contributed by atoms with Gasteiger partial charge >= 0.3 is 5.76 Å². The van der Waals surface area contributed by atoms with Gasteiger partial charge in [0, 0.05) is 13.1 Å². The van der Waals surface area contributed by atoms with Gasteiger partial charge in [-0.15, -0.1) is 5.10 Å². The van der Waals surface area contributed by atoms with Crippen molar-refractivity contribution in [2.75, 3.05) is 13.1 Å². The fraction of sp³-hybridized carbons (Fsp3) is 0.438. The van der Waals surface area contributed by atoms with Gasteiger partial charge < -0.3 is 9.32 Å². The lowest BCUT2D eigenvalue weighted by Gasteiger charge is -2.31. The smallest absolute Gasteiger partial charge is 0.392 e. The molecule has 0 radical (unpaired) electrons. The number of carbonyl (C=O) groups is 1. The Kier molecular flexibility index (Phi) is 4.26. The van der Waals surface area contributed by atoms with Crippen molar-refractivity contribution in [1.82, 2.24) is 15.1 Å². The highest BCUT2D eigenvalue weighted by molar-refractivity contribution is 6.34. The third-order valence-electron chi connectivity index (χ3n) is 4.33. The molecule has 1 aliphatic heterocycles. The highest BCUT2D eigenvalue weighted by Crippen LogP contribution is 2.28. The molecule has 1 atom stereocenters. The van der Waals surface area contributed by atoms with Crippen LogP contribution in [0.4, 0.5) is 0 Å². The van der Waals surface area contributed by atoms with Gasteiger partial charge in [-0.3, -0.25) is 4.79 Å². The third kappa shape index (κ3) is 3.17. The molecule has 1 N–H and O–H groups in total. The number of nitrogens with zero attached hydrogens (tertiary/aromatic N) is 2. The molecule has 2 heterocycles. The van der Waals surface area contributed by atoms with Gasteiger partial charge in [-0.1, -0.05) is 11.6 Å². The molecule has 1 saturated heterocycles. The maximum atomic E-state index is 12.8. The molecule has 0 spiro atoms. The van der Waals surface area contributed by atoms with Gasteiger partial charge in [0.1, 0.15) is 0 Å². The molecular weight excluding hydrogens is 318 g/mol. The van der Waals surface area contributed by atoms with Gasteiger partial charge in [0.2, 0.25) is 5.89 Å². The van der Waals surface area contributed by atoms with E-state index >= 15 is 0 Å². The van der Waals surface area contributed by atoms with E-state index in [0.29, 0.717) is 29.6 Å². The average molecular weight is 336 g/mol. The second kappa shape index (κ2) is 6.20. The number of halogens is 1. The number of likely N-dealkylation sites (tertiary alicyclic amines) is 1. The highest BCUT2D eigenvalue weighted by atomic mass is 35.5. The van der Waals surface area contributed by atoms with E-state index in [1.54, 1.807) is 4.90 Å². The van der Waals surface area contributed by atoms with Crippen molar-refractivity contribution in [2.24, 2.45) is 0 Å². The molecular formula is C16H18ClN3O3. The second-order valence-electron chi connectivity index (χ2n) is 5.96. The Labute approximate surface area is 138 Å². The van der Waals surface area contributed by atoms with Gasteiger partial charge in [0.15, 0.2) is 0 Å². The first-order valence-corrected chi connectivity index (χ1v) is 7.95. The van der Waals surface area contributed by atoms with Crippen molar-refractivity contribution < 1.29 is 9.21 Å². The second-order valence-corrected chi connectivity index (χ2v) is 6.37. The van der Waals surface area contributed by atoms with Crippen LogP contribution in [0.1, 0.15) is 46.1 Å². The number of aromatic amines is 1. The van der Waals surface area contributed by atoms with Crippen LogP contribution in [0.25, 0.3) is 0 Å². The maximum absolute atomic E-state index is 12.8. The number of nitrogens with one attached hydrogen (secondary N) is 1.